The van der Waals surface area contributed by atoms with Gasteiger partial charge in [-0.3, -0.25) is 0 Å². The summed E-state index contributed by atoms with van der Waals surface area (Å²) in [7, 11) is 0. The van der Waals surface area contributed by atoms with Crippen LogP contribution in [0, 0.1) is 11.8 Å². The minimum atomic E-state index is -2.53. The molecule has 0 amide bonds. The van der Waals surface area contributed by atoms with E-state index in [1.807, 2.05) is 6.92 Å². The van der Waals surface area contributed by atoms with Gasteiger partial charge in [-0.1, -0.05) is 20.3 Å². The van der Waals surface area contributed by atoms with Crippen molar-refractivity contribution in [2.24, 2.45) is 17.6 Å². The maximum absolute atomic E-state index is 12.0. The van der Waals surface area contributed by atoms with Crippen molar-refractivity contribution in [3.8, 4) is 0 Å². The van der Waals surface area contributed by atoms with Gasteiger partial charge in [0.05, 0.1) is 19.8 Å². The monoisotopic (exact) mass is 829 g/mol. The van der Waals surface area contributed by atoms with Gasteiger partial charge in [-0.15, -0.1) is 0 Å². The van der Waals surface area contributed by atoms with Crippen LogP contribution in [0.2, 0.25) is 0 Å². The molecule has 16 atom stereocenters. The molecule has 340 valence electrons. The Labute approximate surface area is 339 Å². The van der Waals surface area contributed by atoms with Gasteiger partial charge in [0.1, 0.15) is 67.2 Å². The van der Waals surface area contributed by atoms with Crippen molar-refractivity contribution in [2.75, 3.05) is 39.5 Å². The molecule has 2 saturated heterocycles. The summed E-state index contributed by atoms with van der Waals surface area (Å²) >= 11 is 0. The van der Waals surface area contributed by atoms with Crippen molar-refractivity contribution in [2.45, 2.75) is 202 Å². The van der Waals surface area contributed by atoms with E-state index in [0.29, 0.717) is 19.0 Å². The number of hydrogen-bond acceptors (Lipinski definition) is 17. The first kappa shape index (κ1) is 52.5. The number of rotatable bonds is 18. The minimum Gasteiger partial charge on any atom is -0.393 e. The van der Waals surface area contributed by atoms with Crippen LogP contribution in [0.5, 0.6) is 0 Å². The number of nitrogens with two attached hydrogens (primary N) is 1. The summed E-state index contributed by atoms with van der Waals surface area (Å²) in [5, 5.41) is 131. The zero-order chi connectivity index (χ0) is 45.3. The molecule has 0 spiro atoms. The fourth-order valence-electron chi connectivity index (χ4n) is 8.37. The first-order valence-electron chi connectivity index (χ1n) is 20.0. The normalized spacial score (nSPS) is 46.9. The Morgan fingerprint density at radius 1 is 0.632 bits per heavy atom. The van der Waals surface area contributed by atoms with Gasteiger partial charge in [0.25, 0.3) is 0 Å². The van der Waals surface area contributed by atoms with E-state index < -0.39 is 98.6 Å². The largest absolute Gasteiger partial charge is 0.393 e. The summed E-state index contributed by atoms with van der Waals surface area (Å²) in [6.07, 6.45) is 1.77. The van der Waals surface area contributed by atoms with Gasteiger partial charge in [-0.2, -0.15) is 0 Å². The maximum atomic E-state index is 12.0. The van der Waals surface area contributed by atoms with Crippen LogP contribution in [0.3, 0.4) is 0 Å². The summed E-state index contributed by atoms with van der Waals surface area (Å²) in [5.41, 5.74) is -22.0. The predicted octanol–water partition coefficient (Wildman–Crippen LogP) is -0.867. The highest BCUT2D eigenvalue weighted by molar-refractivity contribution is 5.24. The van der Waals surface area contributed by atoms with Gasteiger partial charge >= 0.3 is 0 Å². The fraction of sp³-hybridized carbons (Fsp3) is 1.00. The van der Waals surface area contributed by atoms with Gasteiger partial charge < -0.3 is 86.2 Å². The molecule has 0 bridgehead atoms. The molecule has 0 aliphatic carbocycles. The molecule has 2 aliphatic rings. The summed E-state index contributed by atoms with van der Waals surface area (Å²) in [4.78, 5) is 0. The molecule has 14 N–H and O–H groups in total. The third kappa shape index (κ3) is 7.76. The molecule has 17 nitrogen and oxygen atoms in total. The van der Waals surface area contributed by atoms with Gasteiger partial charge in [0.15, 0.2) is 11.6 Å². The first-order chi connectivity index (χ1) is 25.0. The predicted molar refractivity (Wildman–Crippen MR) is 211 cm³/mol. The molecule has 57 heavy (non-hydrogen) atoms. The van der Waals surface area contributed by atoms with Crippen LogP contribution in [-0.4, -0.2) is 174 Å². The molecular weight excluding hydrogens is 748 g/mol. The van der Waals surface area contributed by atoms with Crippen LogP contribution in [0.4, 0.5) is 0 Å². The van der Waals surface area contributed by atoms with Crippen LogP contribution in [-0.2, 0) is 18.9 Å². The van der Waals surface area contributed by atoms with E-state index in [-0.39, 0.29) is 12.5 Å². The second kappa shape index (κ2) is 15.6. The second-order valence-electron chi connectivity index (χ2n) is 19.9. The van der Waals surface area contributed by atoms with Crippen molar-refractivity contribution >= 4 is 0 Å². The Morgan fingerprint density at radius 3 is 1.46 bits per heavy atom. The highest BCUT2D eigenvalue weighted by Crippen LogP contribution is 2.57. The van der Waals surface area contributed by atoms with Crippen molar-refractivity contribution in [1.29, 1.82) is 0 Å². The number of nitrogens with one attached hydrogen (secondary N) is 1. The van der Waals surface area contributed by atoms with E-state index in [1.54, 1.807) is 0 Å². The molecule has 0 radical (unpaired) electrons. The standard InChI is InChI=1S/C40H80N2O15/c1-17-26(19-41)18-25(2)20-42-21-27(3,44)31(7,46)32(8,47)28(4,45)23-54-39(15)38(14,53)36(12,51)34(10,49)30(6,57-39)24-55-40(16)37(13,52)35(11,50)33(9,48)29(5,22-43)56-40/h25-26,42-53H,17-24,41H2,1-16H3/t25?,26?,27?,28?,29?,30?,31-,32+,33+,34+,35+,36+,37?,38?,39-,40-/m0/s1. The Bertz CT molecular complexity index is 1390. The molecule has 0 aromatic rings. The Hall–Kier alpha value is -0.680. The van der Waals surface area contributed by atoms with E-state index in [1.165, 1.54) is 55.4 Å². The fourth-order valence-corrected chi connectivity index (χ4v) is 8.37. The van der Waals surface area contributed by atoms with E-state index in [2.05, 4.69) is 12.2 Å². The number of aliphatic hydroxyl groups is 11. The van der Waals surface area contributed by atoms with Crippen LogP contribution in [0.25, 0.3) is 0 Å². The quantitative estimate of drug-likeness (QED) is 0.0799. The molecule has 0 aromatic heterocycles. The maximum Gasteiger partial charge on any atom is 0.198 e. The zero-order valence-corrected chi connectivity index (χ0v) is 37.4. The van der Waals surface area contributed by atoms with Gasteiger partial charge in [0, 0.05) is 6.54 Å². The highest BCUT2D eigenvalue weighted by Gasteiger charge is 2.78. The molecule has 0 saturated carbocycles. The number of aliphatic hydroxyl groups excluding tert-OH is 1. The van der Waals surface area contributed by atoms with Gasteiger partial charge in [-0.05, 0) is 128 Å². The molecule has 2 rings (SSSR count). The molecule has 0 aromatic carbocycles. The second-order valence-corrected chi connectivity index (χ2v) is 19.9. The minimum absolute atomic E-state index is 0.178. The Morgan fingerprint density at radius 2 is 1.04 bits per heavy atom. The van der Waals surface area contributed by atoms with E-state index in [4.69, 9.17) is 24.7 Å². The summed E-state index contributed by atoms with van der Waals surface area (Å²) < 4.78 is 24.7. The molecule has 2 aliphatic heterocycles. The molecular formula is C40H80N2O15. The lowest BCUT2D eigenvalue weighted by molar-refractivity contribution is -0.485. The van der Waals surface area contributed by atoms with Crippen molar-refractivity contribution in [3.63, 3.8) is 0 Å². The molecule has 17 heteroatoms. The zero-order valence-electron chi connectivity index (χ0n) is 37.4. The Kier molecular flexibility index (Phi) is 14.3. The molecule has 8 unspecified atom stereocenters. The van der Waals surface area contributed by atoms with Crippen LogP contribution in [0.15, 0.2) is 0 Å². The number of hydrogen-bond donors (Lipinski definition) is 13. The van der Waals surface area contributed by atoms with Crippen molar-refractivity contribution in [3.05, 3.63) is 0 Å². The smallest absolute Gasteiger partial charge is 0.198 e. The molecule has 2 fully saturated rings. The van der Waals surface area contributed by atoms with E-state index in [9.17, 15) is 56.2 Å². The van der Waals surface area contributed by atoms with E-state index in [0.717, 1.165) is 54.4 Å². The lowest BCUT2D eigenvalue weighted by Crippen LogP contribution is -2.86. The average molecular weight is 829 g/mol. The number of ether oxygens (including phenoxy) is 4. The highest BCUT2D eigenvalue weighted by atomic mass is 16.8. The SMILES string of the molecule is CCC(CN)CC(C)CNCC(C)(O)[C@](C)(O)[C@](C)(O)C(C)(O)CO[C@@]1(C)OC(C)(CO[C@@]2(C)OC(C)(CO)[C@@](C)(O)[C@@](C)(O)C2(C)O)[C@@](C)(O)[C@@](C)(O)C1(C)O. The van der Waals surface area contributed by atoms with E-state index >= 15 is 0 Å². The summed E-state index contributed by atoms with van der Waals surface area (Å²) in [6, 6.07) is 0. The van der Waals surface area contributed by atoms with Gasteiger partial charge in [0.2, 0.25) is 0 Å². The lowest BCUT2D eigenvalue weighted by atomic mass is 9.60. The van der Waals surface area contributed by atoms with Gasteiger partial charge in [-0.25, -0.2) is 0 Å². The topological polar surface area (TPSA) is 298 Å². The third-order valence-electron chi connectivity index (χ3n) is 15.7. The van der Waals surface area contributed by atoms with Crippen LogP contribution < -0.4 is 11.1 Å². The Balaban J connectivity index is 2.48. The lowest BCUT2D eigenvalue weighted by Gasteiger charge is -2.67. The van der Waals surface area contributed by atoms with Crippen LogP contribution >= 0.6 is 0 Å². The summed E-state index contributed by atoms with van der Waals surface area (Å²) in [6.45, 7) is 19.2. The van der Waals surface area contributed by atoms with Crippen LogP contribution in [0.1, 0.15) is 124 Å². The summed E-state index contributed by atoms with van der Waals surface area (Å²) in [5.74, 6) is -4.09. The van der Waals surface area contributed by atoms with Crippen molar-refractivity contribution < 1.29 is 75.1 Å². The third-order valence-corrected chi connectivity index (χ3v) is 15.7. The van der Waals surface area contributed by atoms with Crippen molar-refractivity contribution in [1.82, 2.24) is 5.32 Å². The first-order valence-corrected chi connectivity index (χ1v) is 20.0. The average Bonchev–Trinajstić information content (AvgIpc) is 3.06. The molecule has 2 heterocycles.